The van der Waals surface area contributed by atoms with E-state index in [1.807, 2.05) is 6.92 Å². The highest BCUT2D eigenvalue weighted by Gasteiger charge is 2.67. The van der Waals surface area contributed by atoms with Crippen LogP contribution in [0, 0.1) is 23.7 Å². The molecule has 3 heteroatoms. The summed E-state index contributed by atoms with van der Waals surface area (Å²) >= 11 is 0. The molecule has 98 valence electrons. The first-order chi connectivity index (χ1) is 8.50. The second-order valence-electron chi connectivity index (χ2n) is 6.76. The Morgan fingerprint density at radius 1 is 1.39 bits per heavy atom. The smallest absolute Gasteiger partial charge is 0.309 e. The molecular formula is C15H20O3. The van der Waals surface area contributed by atoms with Crippen LogP contribution in [0.5, 0.6) is 0 Å². The van der Waals surface area contributed by atoms with Gasteiger partial charge in [0.05, 0.1) is 17.6 Å². The van der Waals surface area contributed by atoms with Gasteiger partial charge in [-0.1, -0.05) is 19.1 Å². The number of rotatable bonds is 0. The van der Waals surface area contributed by atoms with Crippen molar-refractivity contribution in [1.29, 1.82) is 0 Å². The fourth-order valence-electron chi connectivity index (χ4n) is 4.62. The predicted octanol–water partition coefficient (Wildman–Crippen LogP) is 2.31. The van der Waals surface area contributed by atoms with Gasteiger partial charge in [0.2, 0.25) is 0 Å². The molecule has 2 saturated carbocycles. The second kappa shape index (κ2) is 3.19. The lowest BCUT2D eigenvalue weighted by molar-refractivity contribution is -0.143. The summed E-state index contributed by atoms with van der Waals surface area (Å²) < 4.78 is 11.4. The highest BCUT2D eigenvalue weighted by atomic mass is 16.6. The Hall–Kier alpha value is -0.830. The summed E-state index contributed by atoms with van der Waals surface area (Å²) in [6.45, 7) is 8.51. The zero-order valence-corrected chi connectivity index (χ0v) is 11.0. The van der Waals surface area contributed by atoms with Gasteiger partial charge in [-0.3, -0.25) is 4.79 Å². The lowest BCUT2D eigenvalue weighted by Gasteiger charge is -2.26. The molecule has 2 saturated heterocycles. The molecule has 0 spiro atoms. The van der Waals surface area contributed by atoms with Gasteiger partial charge in [0.25, 0.3) is 0 Å². The quantitative estimate of drug-likeness (QED) is 0.375. The third-order valence-corrected chi connectivity index (χ3v) is 5.94. The van der Waals surface area contributed by atoms with Crippen molar-refractivity contribution < 1.29 is 14.3 Å². The number of fused-ring (bicyclic) bond motifs is 4. The summed E-state index contributed by atoms with van der Waals surface area (Å²) in [4.78, 5) is 11.7. The molecule has 0 aromatic heterocycles. The molecule has 0 bridgehead atoms. The maximum Gasteiger partial charge on any atom is 0.309 e. The van der Waals surface area contributed by atoms with Crippen LogP contribution in [0.2, 0.25) is 0 Å². The van der Waals surface area contributed by atoms with E-state index in [2.05, 4.69) is 13.5 Å². The topological polar surface area (TPSA) is 38.8 Å². The molecule has 18 heavy (non-hydrogen) atoms. The van der Waals surface area contributed by atoms with E-state index in [-0.39, 0.29) is 23.6 Å². The number of hydrogen-bond donors (Lipinski definition) is 0. The van der Waals surface area contributed by atoms with Crippen LogP contribution >= 0.6 is 0 Å². The van der Waals surface area contributed by atoms with Crippen LogP contribution in [0.1, 0.15) is 33.1 Å². The first-order valence-electron chi connectivity index (χ1n) is 7.06. The molecule has 0 amide bonds. The van der Waals surface area contributed by atoms with Crippen LogP contribution < -0.4 is 0 Å². The number of esters is 1. The average molecular weight is 248 g/mol. The Bertz CT molecular complexity index is 443. The lowest BCUT2D eigenvalue weighted by atomic mass is 9.78. The summed E-state index contributed by atoms with van der Waals surface area (Å²) in [6.07, 6.45) is 3.57. The summed E-state index contributed by atoms with van der Waals surface area (Å²) in [6, 6.07) is 0. The molecule has 0 unspecified atom stereocenters. The van der Waals surface area contributed by atoms with Gasteiger partial charge >= 0.3 is 5.97 Å². The minimum absolute atomic E-state index is 0.0207. The largest absolute Gasteiger partial charge is 0.461 e. The van der Waals surface area contributed by atoms with Crippen LogP contribution in [0.3, 0.4) is 0 Å². The zero-order valence-electron chi connectivity index (χ0n) is 11.0. The number of epoxide rings is 1. The Kier molecular flexibility index (Phi) is 1.95. The third kappa shape index (κ3) is 1.21. The van der Waals surface area contributed by atoms with E-state index in [9.17, 15) is 4.79 Å². The van der Waals surface area contributed by atoms with Crippen molar-refractivity contribution in [2.24, 2.45) is 23.7 Å². The maximum absolute atomic E-state index is 11.7. The van der Waals surface area contributed by atoms with Crippen molar-refractivity contribution in [3.05, 3.63) is 12.2 Å². The number of hydrogen-bond acceptors (Lipinski definition) is 3. The first kappa shape index (κ1) is 11.0. The Morgan fingerprint density at radius 3 is 2.94 bits per heavy atom. The average Bonchev–Trinajstić information content (AvgIpc) is 2.84. The molecule has 4 fully saturated rings. The number of carbonyl (C=O) groups excluding carboxylic acids is 1. The van der Waals surface area contributed by atoms with Gasteiger partial charge in [-0.25, -0.2) is 0 Å². The molecule has 0 aromatic carbocycles. The van der Waals surface area contributed by atoms with E-state index in [1.165, 1.54) is 5.57 Å². The highest BCUT2D eigenvalue weighted by Crippen LogP contribution is 2.62. The SMILES string of the molecule is C=C1C[C@@H]2OC(=O)[C@@H](C)[C@H]2C[C@@H]2[C@H]1C[C@@H]1O[C@@]12C. The monoisotopic (exact) mass is 248 g/mol. The fraction of sp³-hybridized carbons (Fsp3) is 0.800. The van der Waals surface area contributed by atoms with Gasteiger partial charge < -0.3 is 9.47 Å². The van der Waals surface area contributed by atoms with Crippen LogP contribution in [0.15, 0.2) is 12.2 Å². The molecule has 0 aromatic rings. The van der Waals surface area contributed by atoms with Crippen LogP contribution in [0.25, 0.3) is 0 Å². The van der Waals surface area contributed by atoms with E-state index < -0.39 is 0 Å². The fourth-order valence-corrected chi connectivity index (χ4v) is 4.62. The van der Waals surface area contributed by atoms with Crippen molar-refractivity contribution in [1.82, 2.24) is 0 Å². The molecule has 4 rings (SSSR count). The molecule has 0 N–H and O–H groups in total. The van der Waals surface area contributed by atoms with Gasteiger partial charge in [0.1, 0.15) is 6.10 Å². The molecule has 3 nitrogen and oxygen atoms in total. The summed E-state index contributed by atoms with van der Waals surface area (Å²) in [7, 11) is 0. The van der Waals surface area contributed by atoms with Crippen LogP contribution in [0.4, 0.5) is 0 Å². The van der Waals surface area contributed by atoms with Crippen molar-refractivity contribution in [3.8, 4) is 0 Å². The first-order valence-corrected chi connectivity index (χ1v) is 7.06. The molecule has 2 aliphatic carbocycles. The predicted molar refractivity (Wildman–Crippen MR) is 65.8 cm³/mol. The van der Waals surface area contributed by atoms with Gasteiger partial charge in [-0.05, 0) is 31.6 Å². The van der Waals surface area contributed by atoms with Gasteiger partial charge in [-0.15, -0.1) is 0 Å². The molecule has 2 heterocycles. The van der Waals surface area contributed by atoms with Crippen LogP contribution in [-0.2, 0) is 14.3 Å². The van der Waals surface area contributed by atoms with Crippen LogP contribution in [-0.4, -0.2) is 23.8 Å². The normalized spacial score (nSPS) is 57.4. The van der Waals surface area contributed by atoms with E-state index in [1.54, 1.807) is 0 Å². The highest BCUT2D eigenvalue weighted by molar-refractivity contribution is 5.75. The number of carbonyl (C=O) groups is 1. The molecule has 7 atom stereocenters. The Morgan fingerprint density at radius 2 is 2.17 bits per heavy atom. The Balaban J connectivity index is 1.68. The summed E-state index contributed by atoms with van der Waals surface area (Å²) in [5, 5.41) is 0. The van der Waals surface area contributed by atoms with E-state index in [0.717, 1.165) is 19.3 Å². The molecular weight excluding hydrogens is 228 g/mol. The standard InChI is InChI=1S/C15H20O3/c1-7-4-12-10(8(2)14(16)17-12)5-11-9(7)6-13-15(11,3)18-13/h8-13H,1,4-6H2,2-3H3/t8-,9-,10+,11+,12-,13-,15+/m0/s1. The van der Waals surface area contributed by atoms with Crippen molar-refractivity contribution in [2.45, 2.75) is 50.9 Å². The molecule has 2 aliphatic heterocycles. The van der Waals surface area contributed by atoms with Gasteiger partial charge in [-0.2, -0.15) is 0 Å². The van der Waals surface area contributed by atoms with Crippen molar-refractivity contribution >= 4 is 5.97 Å². The maximum atomic E-state index is 11.7. The third-order valence-electron chi connectivity index (χ3n) is 5.94. The van der Waals surface area contributed by atoms with Gasteiger partial charge in [0.15, 0.2) is 0 Å². The minimum atomic E-state index is -0.0207. The summed E-state index contributed by atoms with van der Waals surface area (Å²) in [5.74, 6) is 1.52. The lowest BCUT2D eigenvalue weighted by Crippen LogP contribution is -2.27. The zero-order chi connectivity index (χ0) is 12.7. The van der Waals surface area contributed by atoms with E-state index in [4.69, 9.17) is 9.47 Å². The summed E-state index contributed by atoms with van der Waals surface area (Å²) in [5.41, 5.74) is 1.35. The second-order valence-corrected chi connectivity index (χ2v) is 6.76. The van der Waals surface area contributed by atoms with Gasteiger partial charge in [0, 0.05) is 12.3 Å². The molecule has 4 aliphatic rings. The van der Waals surface area contributed by atoms with Crippen molar-refractivity contribution in [2.75, 3.05) is 0 Å². The van der Waals surface area contributed by atoms with E-state index >= 15 is 0 Å². The molecule has 0 radical (unpaired) electrons. The van der Waals surface area contributed by atoms with E-state index in [0.29, 0.717) is 23.9 Å². The van der Waals surface area contributed by atoms with Crippen molar-refractivity contribution in [3.63, 3.8) is 0 Å². The Labute approximate surface area is 108 Å². The minimum Gasteiger partial charge on any atom is -0.461 e. The number of ether oxygens (including phenoxy) is 2.